The Bertz CT molecular complexity index is 808. The van der Waals surface area contributed by atoms with Crippen LogP contribution in [0.25, 0.3) is 0 Å². The second-order valence-electron chi connectivity index (χ2n) is 5.60. The summed E-state index contributed by atoms with van der Waals surface area (Å²) in [6, 6.07) is 8.26. The number of ether oxygens (including phenoxy) is 2. The first-order valence-corrected chi connectivity index (χ1v) is 7.66. The molecule has 0 aliphatic heterocycles. The molecule has 0 saturated heterocycles. The highest BCUT2D eigenvalue weighted by Gasteiger charge is 2.31. The SMILES string of the molecule is COc1ccc(CN(C)C(=O)c2cccc(C(F)(F)F)c2)cc1OC(F)F. The van der Waals surface area contributed by atoms with Gasteiger partial charge in [0.15, 0.2) is 11.5 Å². The quantitative estimate of drug-likeness (QED) is 0.679. The number of amides is 1. The van der Waals surface area contributed by atoms with Crippen LogP contribution in [0.4, 0.5) is 22.0 Å². The fourth-order valence-electron chi connectivity index (χ4n) is 2.40. The number of hydrogen-bond acceptors (Lipinski definition) is 3. The summed E-state index contributed by atoms with van der Waals surface area (Å²) in [5.74, 6) is -0.760. The summed E-state index contributed by atoms with van der Waals surface area (Å²) in [5, 5.41) is 0. The standard InChI is InChI=1S/C18H16F5NO3/c1-24(16(25)12-4-3-5-13(9-12)18(21,22)23)10-11-6-7-14(26-2)15(8-11)27-17(19)20/h3-9,17H,10H2,1-2H3. The molecule has 9 heteroatoms. The molecule has 0 unspecified atom stereocenters. The third-order valence-electron chi connectivity index (χ3n) is 3.65. The molecule has 0 N–H and O–H groups in total. The van der Waals surface area contributed by atoms with Gasteiger partial charge in [-0.15, -0.1) is 0 Å². The first-order valence-electron chi connectivity index (χ1n) is 7.66. The molecule has 4 nitrogen and oxygen atoms in total. The first kappa shape index (κ1) is 20.5. The molecular formula is C18H16F5NO3. The van der Waals surface area contributed by atoms with Gasteiger partial charge in [0.1, 0.15) is 0 Å². The molecule has 0 aliphatic carbocycles. The van der Waals surface area contributed by atoms with Crippen molar-refractivity contribution in [2.24, 2.45) is 0 Å². The van der Waals surface area contributed by atoms with Gasteiger partial charge < -0.3 is 14.4 Å². The number of rotatable bonds is 6. The largest absolute Gasteiger partial charge is 0.493 e. The lowest BCUT2D eigenvalue weighted by molar-refractivity contribution is -0.137. The molecule has 0 radical (unpaired) electrons. The maximum atomic E-state index is 12.8. The third kappa shape index (κ3) is 5.32. The fourth-order valence-corrected chi connectivity index (χ4v) is 2.40. The Morgan fingerprint density at radius 1 is 1.11 bits per heavy atom. The molecule has 2 aromatic rings. The van der Waals surface area contributed by atoms with Crippen molar-refractivity contribution in [2.45, 2.75) is 19.3 Å². The normalized spacial score (nSPS) is 11.4. The van der Waals surface area contributed by atoms with Gasteiger partial charge in [0.25, 0.3) is 5.91 Å². The number of nitrogens with zero attached hydrogens (tertiary/aromatic N) is 1. The van der Waals surface area contributed by atoms with E-state index in [4.69, 9.17) is 4.74 Å². The molecule has 1 amide bonds. The molecule has 0 fully saturated rings. The number of carbonyl (C=O) groups excluding carboxylic acids is 1. The van der Waals surface area contributed by atoms with Crippen LogP contribution in [0.15, 0.2) is 42.5 Å². The van der Waals surface area contributed by atoms with E-state index in [0.29, 0.717) is 5.56 Å². The predicted octanol–water partition coefficient (Wildman–Crippen LogP) is 4.59. The smallest absolute Gasteiger partial charge is 0.416 e. The van der Waals surface area contributed by atoms with E-state index in [-0.39, 0.29) is 23.6 Å². The van der Waals surface area contributed by atoms with Crippen LogP contribution in [-0.2, 0) is 12.7 Å². The molecule has 2 rings (SSSR count). The van der Waals surface area contributed by atoms with Gasteiger partial charge in [-0.3, -0.25) is 4.79 Å². The fraction of sp³-hybridized carbons (Fsp3) is 0.278. The van der Waals surface area contributed by atoms with Crippen LogP contribution in [0, 0.1) is 0 Å². The summed E-state index contributed by atoms with van der Waals surface area (Å²) in [4.78, 5) is 13.6. The van der Waals surface area contributed by atoms with Gasteiger partial charge in [0, 0.05) is 19.2 Å². The second kappa shape index (κ2) is 8.24. The van der Waals surface area contributed by atoms with Gasteiger partial charge in [-0.25, -0.2) is 0 Å². The molecule has 0 bridgehead atoms. The van der Waals surface area contributed by atoms with Crippen LogP contribution in [-0.4, -0.2) is 31.6 Å². The van der Waals surface area contributed by atoms with Crippen molar-refractivity contribution < 1.29 is 36.2 Å². The first-order chi connectivity index (χ1) is 12.6. The number of hydrogen-bond donors (Lipinski definition) is 0. The summed E-state index contributed by atoms with van der Waals surface area (Å²) < 4.78 is 72.6. The van der Waals surface area contributed by atoms with Gasteiger partial charge in [-0.2, -0.15) is 22.0 Å². The van der Waals surface area contributed by atoms with Crippen LogP contribution >= 0.6 is 0 Å². The molecule has 146 valence electrons. The number of methoxy groups -OCH3 is 1. The Morgan fingerprint density at radius 2 is 1.81 bits per heavy atom. The maximum Gasteiger partial charge on any atom is 0.416 e. The Labute approximate surface area is 152 Å². The number of carbonyl (C=O) groups is 1. The number of benzene rings is 2. The average Bonchev–Trinajstić information content (AvgIpc) is 2.60. The zero-order valence-electron chi connectivity index (χ0n) is 14.4. The van der Waals surface area contributed by atoms with E-state index >= 15 is 0 Å². The van der Waals surface area contributed by atoms with E-state index in [9.17, 15) is 26.7 Å². The van der Waals surface area contributed by atoms with Gasteiger partial charge in [-0.1, -0.05) is 12.1 Å². The van der Waals surface area contributed by atoms with Gasteiger partial charge >= 0.3 is 12.8 Å². The topological polar surface area (TPSA) is 38.8 Å². The minimum absolute atomic E-state index is 0.0291. The lowest BCUT2D eigenvalue weighted by Crippen LogP contribution is -2.26. The van der Waals surface area contributed by atoms with E-state index in [2.05, 4.69) is 4.74 Å². The monoisotopic (exact) mass is 389 g/mol. The highest BCUT2D eigenvalue weighted by Crippen LogP contribution is 2.31. The highest BCUT2D eigenvalue weighted by atomic mass is 19.4. The molecule has 0 aliphatic rings. The molecule has 27 heavy (non-hydrogen) atoms. The Hall–Kier alpha value is -2.84. The van der Waals surface area contributed by atoms with E-state index in [1.807, 2.05) is 0 Å². The Balaban J connectivity index is 2.19. The molecule has 0 atom stereocenters. The van der Waals surface area contributed by atoms with Crippen molar-refractivity contribution in [3.8, 4) is 11.5 Å². The minimum Gasteiger partial charge on any atom is -0.493 e. The van der Waals surface area contributed by atoms with E-state index < -0.39 is 24.3 Å². The average molecular weight is 389 g/mol. The van der Waals surface area contributed by atoms with Crippen molar-refractivity contribution in [1.29, 1.82) is 0 Å². The van der Waals surface area contributed by atoms with Crippen molar-refractivity contribution >= 4 is 5.91 Å². The van der Waals surface area contributed by atoms with Gasteiger partial charge in [-0.05, 0) is 35.9 Å². The van der Waals surface area contributed by atoms with Gasteiger partial charge in [0.05, 0.1) is 12.7 Å². The maximum absolute atomic E-state index is 12.8. The summed E-state index contributed by atoms with van der Waals surface area (Å²) in [5.41, 5.74) is -0.627. The van der Waals surface area contributed by atoms with Gasteiger partial charge in [0.2, 0.25) is 0 Å². The second-order valence-corrected chi connectivity index (χ2v) is 5.60. The zero-order valence-corrected chi connectivity index (χ0v) is 14.4. The Morgan fingerprint density at radius 3 is 2.41 bits per heavy atom. The molecule has 0 heterocycles. The lowest BCUT2D eigenvalue weighted by atomic mass is 10.1. The van der Waals surface area contributed by atoms with Crippen LogP contribution in [0.2, 0.25) is 0 Å². The zero-order chi connectivity index (χ0) is 20.2. The van der Waals surface area contributed by atoms with E-state index in [1.165, 1.54) is 43.3 Å². The molecule has 0 aromatic heterocycles. The molecule has 0 saturated carbocycles. The molecule has 2 aromatic carbocycles. The third-order valence-corrected chi connectivity index (χ3v) is 3.65. The van der Waals surface area contributed by atoms with Crippen molar-refractivity contribution in [2.75, 3.05) is 14.2 Å². The van der Waals surface area contributed by atoms with E-state index in [0.717, 1.165) is 18.2 Å². The summed E-state index contributed by atoms with van der Waals surface area (Å²) in [7, 11) is 2.68. The molecular weight excluding hydrogens is 373 g/mol. The minimum atomic E-state index is -4.56. The van der Waals surface area contributed by atoms with Crippen molar-refractivity contribution in [1.82, 2.24) is 4.90 Å². The summed E-state index contributed by atoms with van der Waals surface area (Å²) in [6.07, 6.45) is -4.56. The van der Waals surface area contributed by atoms with Crippen LogP contribution in [0.1, 0.15) is 21.5 Å². The van der Waals surface area contributed by atoms with E-state index in [1.54, 1.807) is 0 Å². The number of halogens is 5. The predicted molar refractivity (Wildman–Crippen MR) is 86.9 cm³/mol. The summed E-state index contributed by atoms with van der Waals surface area (Å²) in [6.45, 7) is -3.09. The van der Waals surface area contributed by atoms with Crippen LogP contribution in [0.5, 0.6) is 11.5 Å². The lowest BCUT2D eigenvalue weighted by Gasteiger charge is -2.19. The van der Waals surface area contributed by atoms with Crippen LogP contribution in [0.3, 0.4) is 0 Å². The molecule has 0 spiro atoms. The summed E-state index contributed by atoms with van der Waals surface area (Å²) >= 11 is 0. The number of alkyl halides is 5. The van der Waals surface area contributed by atoms with Crippen molar-refractivity contribution in [3.05, 3.63) is 59.2 Å². The Kier molecular flexibility index (Phi) is 6.24. The van der Waals surface area contributed by atoms with Crippen molar-refractivity contribution in [3.63, 3.8) is 0 Å². The highest BCUT2D eigenvalue weighted by molar-refractivity contribution is 5.94. The van der Waals surface area contributed by atoms with Crippen LogP contribution < -0.4 is 9.47 Å².